The topological polar surface area (TPSA) is 74.0 Å². The van der Waals surface area contributed by atoms with Crippen molar-refractivity contribution in [2.75, 3.05) is 28.4 Å². The number of amides is 1. The zero-order valence-electron chi connectivity index (χ0n) is 17.5. The molecule has 0 N–H and O–H groups in total. The molecule has 0 unspecified atom stereocenters. The van der Waals surface area contributed by atoms with Crippen LogP contribution in [0.1, 0.15) is 21.6 Å². The summed E-state index contributed by atoms with van der Waals surface area (Å²) in [6, 6.07) is 10.8. The molecule has 0 fully saturated rings. The van der Waals surface area contributed by atoms with E-state index in [-0.39, 0.29) is 5.91 Å². The molecule has 0 spiro atoms. The van der Waals surface area contributed by atoms with Crippen LogP contribution in [-0.4, -0.2) is 44.3 Å². The fourth-order valence-corrected chi connectivity index (χ4v) is 3.44. The number of rotatable bonds is 7. The average Bonchev–Trinajstić information content (AvgIpc) is 3.13. The van der Waals surface area contributed by atoms with Crippen molar-refractivity contribution in [1.82, 2.24) is 10.1 Å². The molecule has 0 aliphatic heterocycles. The molecule has 8 heteroatoms. The molecule has 1 heterocycles. The highest BCUT2D eigenvalue weighted by atomic mass is 35.5. The molecule has 0 radical (unpaired) electrons. The van der Waals surface area contributed by atoms with E-state index >= 15 is 0 Å². The lowest BCUT2D eigenvalue weighted by atomic mass is 10.1. The normalized spacial score (nSPS) is 10.6. The summed E-state index contributed by atoms with van der Waals surface area (Å²) in [5, 5.41) is 4.47. The number of carbonyl (C=O) groups excluding carboxylic acids is 1. The summed E-state index contributed by atoms with van der Waals surface area (Å²) in [7, 11) is 6.34. The first-order chi connectivity index (χ1) is 14.4. The summed E-state index contributed by atoms with van der Waals surface area (Å²) < 4.78 is 21.6. The van der Waals surface area contributed by atoms with Crippen LogP contribution in [0.3, 0.4) is 0 Å². The Morgan fingerprint density at radius 1 is 1.10 bits per heavy atom. The van der Waals surface area contributed by atoms with E-state index < -0.39 is 0 Å². The fraction of sp³-hybridized carbons (Fsp3) is 0.273. The van der Waals surface area contributed by atoms with Gasteiger partial charge >= 0.3 is 0 Å². The van der Waals surface area contributed by atoms with Crippen LogP contribution >= 0.6 is 11.6 Å². The summed E-state index contributed by atoms with van der Waals surface area (Å²) in [5.41, 5.74) is 2.29. The maximum absolute atomic E-state index is 13.3. The van der Waals surface area contributed by atoms with Crippen LogP contribution < -0.4 is 14.2 Å². The van der Waals surface area contributed by atoms with Gasteiger partial charge in [0.1, 0.15) is 5.56 Å². The third-order valence-corrected chi connectivity index (χ3v) is 5.02. The van der Waals surface area contributed by atoms with Gasteiger partial charge in [-0.15, -0.1) is 0 Å². The van der Waals surface area contributed by atoms with Crippen LogP contribution in [0, 0.1) is 6.92 Å². The Morgan fingerprint density at radius 3 is 2.30 bits per heavy atom. The van der Waals surface area contributed by atoms with Crippen LogP contribution in [0.4, 0.5) is 0 Å². The highest BCUT2D eigenvalue weighted by Crippen LogP contribution is 2.39. The summed E-state index contributed by atoms with van der Waals surface area (Å²) in [4.78, 5) is 14.8. The van der Waals surface area contributed by atoms with Crippen molar-refractivity contribution in [3.8, 4) is 28.6 Å². The Bertz CT molecular complexity index is 1040. The van der Waals surface area contributed by atoms with Crippen LogP contribution in [-0.2, 0) is 6.54 Å². The van der Waals surface area contributed by atoms with Crippen molar-refractivity contribution in [2.24, 2.45) is 0 Å². The van der Waals surface area contributed by atoms with Gasteiger partial charge in [-0.05, 0) is 36.8 Å². The van der Waals surface area contributed by atoms with Crippen molar-refractivity contribution >= 4 is 17.5 Å². The minimum Gasteiger partial charge on any atom is -0.493 e. The van der Waals surface area contributed by atoms with E-state index in [1.807, 2.05) is 12.1 Å². The summed E-state index contributed by atoms with van der Waals surface area (Å²) in [6.45, 7) is 2.03. The quantitative estimate of drug-likeness (QED) is 0.545. The number of halogens is 1. The first-order valence-corrected chi connectivity index (χ1v) is 9.54. The van der Waals surface area contributed by atoms with Gasteiger partial charge in [-0.2, -0.15) is 0 Å². The highest BCUT2D eigenvalue weighted by molar-refractivity contribution is 6.33. The van der Waals surface area contributed by atoms with E-state index in [2.05, 4.69) is 5.16 Å². The molecule has 0 atom stereocenters. The monoisotopic (exact) mass is 430 g/mol. The van der Waals surface area contributed by atoms with Gasteiger partial charge in [0.25, 0.3) is 5.91 Å². The second-order valence-electron chi connectivity index (χ2n) is 6.65. The molecule has 158 valence electrons. The average molecular weight is 431 g/mol. The summed E-state index contributed by atoms with van der Waals surface area (Å²) in [5.74, 6) is 1.64. The molecule has 7 nitrogen and oxygen atoms in total. The minimum atomic E-state index is -0.238. The smallest absolute Gasteiger partial charge is 0.259 e. The summed E-state index contributed by atoms with van der Waals surface area (Å²) in [6.07, 6.45) is 0. The lowest BCUT2D eigenvalue weighted by Gasteiger charge is -2.20. The Labute approximate surface area is 180 Å². The van der Waals surface area contributed by atoms with E-state index in [1.165, 1.54) is 0 Å². The number of hydrogen-bond acceptors (Lipinski definition) is 6. The molecule has 1 aromatic heterocycles. The van der Waals surface area contributed by atoms with Crippen molar-refractivity contribution in [3.63, 3.8) is 0 Å². The first-order valence-electron chi connectivity index (χ1n) is 9.16. The number of benzene rings is 2. The van der Waals surface area contributed by atoms with Crippen molar-refractivity contribution in [3.05, 3.63) is 58.2 Å². The Kier molecular flexibility index (Phi) is 6.52. The van der Waals surface area contributed by atoms with Crippen LogP contribution in [0.25, 0.3) is 11.3 Å². The first kappa shape index (κ1) is 21.5. The lowest BCUT2D eigenvalue weighted by molar-refractivity contribution is 0.0784. The number of methoxy groups -OCH3 is 3. The number of aryl methyl sites for hydroxylation is 1. The maximum Gasteiger partial charge on any atom is 0.259 e. The second-order valence-corrected chi connectivity index (χ2v) is 7.05. The molecular formula is C22H23ClN2O5. The molecule has 0 aliphatic carbocycles. The Balaban J connectivity index is 1.93. The zero-order chi connectivity index (χ0) is 21.8. The molecule has 0 bridgehead atoms. The van der Waals surface area contributed by atoms with E-state index in [4.69, 9.17) is 30.3 Å². The number of nitrogens with zero attached hydrogens (tertiary/aromatic N) is 2. The third-order valence-electron chi connectivity index (χ3n) is 4.69. The van der Waals surface area contributed by atoms with Gasteiger partial charge in [0, 0.05) is 19.2 Å². The molecule has 1 amide bonds. The van der Waals surface area contributed by atoms with Crippen LogP contribution in [0.2, 0.25) is 5.02 Å². The van der Waals surface area contributed by atoms with Crippen molar-refractivity contribution < 1.29 is 23.5 Å². The molecule has 3 rings (SSSR count). The molecule has 0 saturated heterocycles. The van der Waals surface area contributed by atoms with Gasteiger partial charge in [0.15, 0.2) is 17.3 Å². The van der Waals surface area contributed by atoms with E-state index in [1.54, 1.807) is 64.5 Å². The van der Waals surface area contributed by atoms with Gasteiger partial charge < -0.3 is 23.6 Å². The minimum absolute atomic E-state index is 0.238. The molecule has 30 heavy (non-hydrogen) atoms. The van der Waals surface area contributed by atoms with Gasteiger partial charge in [-0.1, -0.05) is 28.9 Å². The number of ether oxygens (including phenoxy) is 3. The fourth-order valence-electron chi connectivity index (χ4n) is 3.21. The molecular weight excluding hydrogens is 408 g/mol. The van der Waals surface area contributed by atoms with Gasteiger partial charge in [0.05, 0.1) is 32.0 Å². The number of aromatic nitrogens is 1. The highest BCUT2D eigenvalue weighted by Gasteiger charge is 2.26. The predicted molar refractivity (Wildman–Crippen MR) is 114 cm³/mol. The van der Waals surface area contributed by atoms with Crippen LogP contribution in [0.15, 0.2) is 40.9 Å². The Morgan fingerprint density at radius 2 is 1.73 bits per heavy atom. The molecule has 2 aromatic carbocycles. The summed E-state index contributed by atoms with van der Waals surface area (Å²) >= 11 is 6.30. The predicted octanol–water partition coefficient (Wildman–Crippen LogP) is 4.60. The molecule has 3 aromatic rings. The second kappa shape index (κ2) is 9.09. The zero-order valence-corrected chi connectivity index (χ0v) is 18.2. The number of hydrogen-bond donors (Lipinski definition) is 0. The molecule has 0 saturated carbocycles. The van der Waals surface area contributed by atoms with Gasteiger partial charge in [0.2, 0.25) is 5.75 Å². The van der Waals surface area contributed by atoms with Gasteiger partial charge in [-0.3, -0.25) is 4.79 Å². The maximum atomic E-state index is 13.3. The standard InChI is InChI=1S/C22H23ClN2O5/c1-13-19(20(30-24-13)15-8-6-7-9-16(15)23)22(26)25(2)12-14-10-17(27-3)21(29-5)18(11-14)28-4/h6-11H,12H2,1-5H3. The van der Waals surface area contributed by atoms with Gasteiger partial charge in [-0.25, -0.2) is 0 Å². The molecule has 0 aliphatic rings. The third kappa shape index (κ3) is 4.07. The lowest BCUT2D eigenvalue weighted by Crippen LogP contribution is -2.27. The SMILES string of the molecule is COc1cc(CN(C)C(=O)c2c(C)noc2-c2ccccc2Cl)cc(OC)c1OC. The van der Waals surface area contributed by atoms with E-state index in [9.17, 15) is 4.79 Å². The van der Waals surface area contributed by atoms with Crippen molar-refractivity contribution in [2.45, 2.75) is 13.5 Å². The Hall–Kier alpha value is -3.19. The van der Waals surface area contributed by atoms with E-state index in [0.29, 0.717) is 51.4 Å². The van der Waals surface area contributed by atoms with Crippen molar-refractivity contribution in [1.29, 1.82) is 0 Å². The van der Waals surface area contributed by atoms with Crippen LogP contribution in [0.5, 0.6) is 17.2 Å². The largest absolute Gasteiger partial charge is 0.493 e. The van der Waals surface area contributed by atoms with E-state index in [0.717, 1.165) is 5.56 Å². The number of carbonyl (C=O) groups is 1.